The van der Waals surface area contributed by atoms with E-state index in [1.807, 2.05) is 0 Å². The Morgan fingerprint density at radius 3 is 2.50 bits per heavy atom. The summed E-state index contributed by atoms with van der Waals surface area (Å²) in [6, 6.07) is 0. The summed E-state index contributed by atoms with van der Waals surface area (Å²) >= 11 is 5.43. The minimum atomic E-state index is -3.48. The summed E-state index contributed by atoms with van der Waals surface area (Å²) in [4.78, 5) is 3.67. The van der Waals surface area contributed by atoms with Crippen LogP contribution in [0.25, 0.3) is 0 Å². The number of aryl methyl sites for hydroxylation is 1. The van der Waals surface area contributed by atoms with E-state index in [-0.39, 0.29) is 5.88 Å². The van der Waals surface area contributed by atoms with Crippen molar-refractivity contribution in [2.45, 2.75) is 18.7 Å². The molecule has 0 unspecified atom stereocenters. The number of nitrogens with zero attached hydrogens (tertiary/aromatic N) is 1. The van der Waals surface area contributed by atoms with Gasteiger partial charge >= 0.3 is 5.38 Å². The molecule has 0 amide bonds. The summed E-state index contributed by atoms with van der Waals surface area (Å²) < 4.78 is 24.8. The van der Waals surface area contributed by atoms with E-state index in [0.29, 0.717) is 11.3 Å². The highest BCUT2D eigenvalue weighted by Crippen LogP contribution is 2.38. The molecular weight excluding hydrogens is 208 g/mol. The lowest BCUT2D eigenvalue weighted by molar-refractivity contribution is 0.0942. The summed E-state index contributed by atoms with van der Waals surface area (Å²) in [5, 5.41) is 4.97. The molecule has 68 valence electrons. The molecule has 12 heavy (non-hydrogen) atoms. The molecule has 0 spiro atoms. The molecule has 1 aromatic rings. The van der Waals surface area contributed by atoms with Gasteiger partial charge in [0.2, 0.25) is 5.88 Å². The summed E-state index contributed by atoms with van der Waals surface area (Å²) in [5.41, 5.74) is 0. The Bertz CT molecular complexity index is 284. The first-order valence-electron chi connectivity index (χ1n) is 3.21. The number of alkyl halides is 3. The molecule has 6 heteroatoms. The van der Waals surface area contributed by atoms with Crippen molar-refractivity contribution in [2.24, 2.45) is 0 Å². The average Bonchev–Trinajstić information content (AvgIpc) is 2.29. The Morgan fingerprint density at radius 2 is 2.25 bits per heavy atom. The quantitative estimate of drug-likeness (QED) is 0.767. The molecule has 0 aliphatic rings. The van der Waals surface area contributed by atoms with Crippen LogP contribution in [0.5, 0.6) is 5.88 Å². The molecule has 0 radical (unpaired) electrons. The number of aromatic hydroxyl groups is 1. The van der Waals surface area contributed by atoms with Gasteiger partial charge in [0.15, 0.2) is 5.01 Å². The van der Waals surface area contributed by atoms with Gasteiger partial charge in [-0.05, 0) is 18.0 Å². The molecule has 0 aliphatic heterocycles. The first-order chi connectivity index (χ1) is 5.45. The first-order valence-corrected chi connectivity index (χ1v) is 4.40. The lowest BCUT2D eigenvalue weighted by atomic mass is 10.4. The van der Waals surface area contributed by atoms with E-state index in [4.69, 9.17) is 16.7 Å². The van der Waals surface area contributed by atoms with Crippen molar-refractivity contribution in [1.82, 2.24) is 4.98 Å². The molecule has 1 aromatic heterocycles. The van der Waals surface area contributed by atoms with Crippen molar-refractivity contribution >= 4 is 22.9 Å². The molecule has 1 heterocycles. The van der Waals surface area contributed by atoms with Gasteiger partial charge in [-0.1, -0.05) is 6.92 Å². The Hall–Kier alpha value is -0.420. The van der Waals surface area contributed by atoms with Crippen molar-refractivity contribution in [3.63, 3.8) is 0 Å². The zero-order valence-electron chi connectivity index (χ0n) is 6.14. The van der Waals surface area contributed by atoms with Crippen LogP contribution in [0.1, 0.15) is 16.8 Å². The number of rotatable bonds is 2. The maximum absolute atomic E-state index is 12.4. The third-order valence-corrected chi connectivity index (χ3v) is 2.79. The van der Waals surface area contributed by atoms with Gasteiger partial charge in [-0.25, -0.2) is 0 Å². The summed E-state index contributed by atoms with van der Waals surface area (Å²) in [5.74, 6) is -0.349. The molecule has 1 rings (SSSR count). The zero-order chi connectivity index (χ0) is 9.35. The lowest BCUT2D eigenvalue weighted by Gasteiger charge is -2.00. The van der Waals surface area contributed by atoms with Crippen molar-refractivity contribution in [3.05, 3.63) is 9.88 Å². The second-order valence-corrected chi connectivity index (χ2v) is 3.68. The van der Waals surface area contributed by atoms with E-state index in [2.05, 4.69) is 4.98 Å². The molecule has 0 fully saturated rings. The number of halogens is 3. The molecule has 0 aliphatic carbocycles. The predicted octanol–water partition coefficient (Wildman–Crippen LogP) is 2.70. The van der Waals surface area contributed by atoms with Crippen LogP contribution in [0.4, 0.5) is 8.78 Å². The van der Waals surface area contributed by atoms with Gasteiger partial charge in [-0.2, -0.15) is 13.8 Å². The van der Waals surface area contributed by atoms with E-state index >= 15 is 0 Å². The zero-order valence-corrected chi connectivity index (χ0v) is 7.72. The maximum Gasteiger partial charge on any atom is 0.374 e. The van der Waals surface area contributed by atoms with Crippen LogP contribution in [0.2, 0.25) is 0 Å². The number of thiazole rings is 1. The summed E-state index contributed by atoms with van der Waals surface area (Å²) in [7, 11) is 0. The predicted molar refractivity (Wildman–Crippen MR) is 42.9 cm³/mol. The lowest BCUT2D eigenvalue weighted by Crippen LogP contribution is -2.01. The van der Waals surface area contributed by atoms with Crippen LogP contribution in [-0.4, -0.2) is 10.1 Å². The third-order valence-electron chi connectivity index (χ3n) is 1.24. The van der Waals surface area contributed by atoms with E-state index in [1.165, 1.54) is 0 Å². The number of hydrogen-bond donors (Lipinski definition) is 1. The Labute approximate surface area is 76.8 Å². The van der Waals surface area contributed by atoms with Crippen molar-refractivity contribution in [2.75, 3.05) is 0 Å². The maximum atomic E-state index is 12.4. The molecule has 0 saturated carbocycles. The molecule has 0 aromatic carbocycles. The van der Waals surface area contributed by atoms with E-state index in [0.717, 1.165) is 11.3 Å². The van der Waals surface area contributed by atoms with Gasteiger partial charge in [0.25, 0.3) is 0 Å². The molecule has 0 bridgehead atoms. The normalized spacial score (nSPS) is 12.0. The van der Waals surface area contributed by atoms with Gasteiger partial charge in [0.1, 0.15) is 0 Å². The Balaban J connectivity index is 3.05. The molecule has 0 saturated heterocycles. The van der Waals surface area contributed by atoms with Crippen molar-refractivity contribution in [3.8, 4) is 5.88 Å². The van der Waals surface area contributed by atoms with Crippen LogP contribution >= 0.6 is 22.9 Å². The van der Waals surface area contributed by atoms with Gasteiger partial charge in [0, 0.05) is 0 Å². The fourth-order valence-corrected chi connectivity index (χ4v) is 1.62. The number of aromatic nitrogens is 1. The fourth-order valence-electron chi connectivity index (χ4n) is 0.695. The standard InChI is InChI=1S/C6H6ClF2NOS/c1-2-3-4(11)10-5(12-3)6(7,8)9/h11H,2H2,1H3. The topological polar surface area (TPSA) is 33.1 Å². The SMILES string of the molecule is CCc1sc(C(F)(F)Cl)nc1O. The largest absolute Gasteiger partial charge is 0.492 e. The minimum absolute atomic E-state index is 0.349. The Morgan fingerprint density at radius 1 is 1.67 bits per heavy atom. The van der Waals surface area contributed by atoms with Crippen LogP contribution in [-0.2, 0) is 11.8 Å². The van der Waals surface area contributed by atoms with E-state index in [9.17, 15) is 8.78 Å². The number of hydrogen-bond acceptors (Lipinski definition) is 3. The second kappa shape index (κ2) is 3.14. The van der Waals surface area contributed by atoms with Gasteiger partial charge in [0.05, 0.1) is 4.88 Å². The van der Waals surface area contributed by atoms with Crippen molar-refractivity contribution in [1.29, 1.82) is 0 Å². The van der Waals surface area contributed by atoms with E-state index < -0.39 is 10.4 Å². The third kappa shape index (κ3) is 1.84. The van der Waals surface area contributed by atoms with E-state index in [1.54, 1.807) is 6.92 Å². The molecular formula is C6H6ClF2NOS. The molecule has 1 N–H and O–H groups in total. The fraction of sp³-hybridized carbons (Fsp3) is 0.500. The van der Waals surface area contributed by atoms with Crippen molar-refractivity contribution < 1.29 is 13.9 Å². The summed E-state index contributed by atoms with van der Waals surface area (Å²) in [6.07, 6.45) is 0.469. The smallest absolute Gasteiger partial charge is 0.374 e. The van der Waals surface area contributed by atoms with Gasteiger partial charge < -0.3 is 5.11 Å². The highest BCUT2D eigenvalue weighted by atomic mass is 35.5. The Kier molecular flexibility index (Phi) is 2.53. The average molecular weight is 214 g/mol. The minimum Gasteiger partial charge on any atom is -0.492 e. The van der Waals surface area contributed by atoms with Gasteiger partial charge in [-0.3, -0.25) is 0 Å². The first kappa shape index (κ1) is 9.67. The van der Waals surface area contributed by atoms with Crippen LogP contribution in [0.15, 0.2) is 0 Å². The van der Waals surface area contributed by atoms with Crippen LogP contribution in [0.3, 0.4) is 0 Å². The highest BCUT2D eigenvalue weighted by molar-refractivity contribution is 7.12. The monoisotopic (exact) mass is 213 g/mol. The summed E-state index contributed by atoms with van der Waals surface area (Å²) in [6.45, 7) is 1.74. The molecule has 0 atom stereocenters. The van der Waals surface area contributed by atoms with Gasteiger partial charge in [-0.15, -0.1) is 11.3 Å². The second-order valence-electron chi connectivity index (χ2n) is 2.12. The van der Waals surface area contributed by atoms with Crippen LogP contribution in [0, 0.1) is 0 Å². The van der Waals surface area contributed by atoms with Crippen LogP contribution < -0.4 is 0 Å². The highest BCUT2D eigenvalue weighted by Gasteiger charge is 2.33. The molecule has 2 nitrogen and oxygen atoms in total.